The zero-order chi connectivity index (χ0) is 11.8. The molecule has 0 atom stereocenters. The highest BCUT2D eigenvalue weighted by Gasteiger charge is 2.41. The third-order valence-corrected chi connectivity index (χ3v) is 5.52. The number of nitrogens with zero attached hydrogens (tertiary/aromatic N) is 2. The first-order valence-electron chi connectivity index (χ1n) is 6.13. The van der Waals surface area contributed by atoms with Gasteiger partial charge in [0.25, 0.3) is 0 Å². The molecule has 0 aliphatic carbocycles. The van der Waals surface area contributed by atoms with Gasteiger partial charge in [-0.15, -0.1) is 0 Å². The molecule has 2 saturated heterocycles. The second-order valence-electron chi connectivity index (χ2n) is 5.28. The van der Waals surface area contributed by atoms with Gasteiger partial charge in [-0.3, -0.25) is 0 Å². The highest BCUT2D eigenvalue weighted by Crippen LogP contribution is 2.40. The van der Waals surface area contributed by atoms with Crippen LogP contribution in [0, 0.1) is 5.41 Å². The van der Waals surface area contributed by atoms with Gasteiger partial charge in [-0.2, -0.15) is 0 Å². The van der Waals surface area contributed by atoms with E-state index in [4.69, 9.17) is 0 Å². The van der Waals surface area contributed by atoms with Crippen molar-refractivity contribution in [3.8, 4) is 0 Å². The number of hydrogen-bond acceptors (Lipinski definition) is 3. The molecule has 5 heteroatoms. The molecule has 16 heavy (non-hydrogen) atoms. The lowest BCUT2D eigenvalue weighted by atomic mass is 9.78. The highest BCUT2D eigenvalue weighted by atomic mass is 32.2. The fourth-order valence-electron chi connectivity index (χ4n) is 3.00. The van der Waals surface area contributed by atoms with Crippen LogP contribution in [0.25, 0.3) is 0 Å². The summed E-state index contributed by atoms with van der Waals surface area (Å²) in [4.78, 5) is 2.48. The molecule has 2 fully saturated rings. The predicted octanol–water partition coefficient (Wildman–Crippen LogP) is 0.754. The van der Waals surface area contributed by atoms with E-state index in [0.717, 1.165) is 32.5 Å². The second kappa shape index (κ2) is 4.27. The molecule has 94 valence electrons. The second-order valence-corrected chi connectivity index (χ2v) is 7.26. The van der Waals surface area contributed by atoms with Gasteiger partial charge in [-0.1, -0.05) is 6.92 Å². The van der Waals surface area contributed by atoms with Gasteiger partial charge in [0.15, 0.2) is 0 Å². The summed E-state index contributed by atoms with van der Waals surface area (Å²) in [5.41, 5.74) is 0.414. The van der Waals surface area contributed by atoms with Gasteiger partial charge in [-0.05, 0) is 37.8 Å². The summed E-state index contributed by atoms with van der Waals surface area (Å²) < 4.78 is 24.5. The Balaban J connectivity index is 1.95. The maximum absolute atomic E-state index is 11.4. The molecule has 2 aliphatic rings. The number of piperidine rings is 1. The molecule has 0 aromatic heterocycles. The van der Waals surface area contributed by atoms with E-state index >= 15 is 0 Å². The van der Waals surface area contributed by atoms with Crippen LogP contribution in [0.5, 0.6) is 0 Å². The van der Waals surface area contributed by atoms with E-state index in [1.165, 1.54) is 25.8 Å². The van der Waals surface area contributed by atoms with Crippen molar-refractivity contribution in [3.05, 3.63) is 0 Å². The number of likely N-dealkylation sites (tertiary alicyclic amines) is 1. The molecule has 0 saturated carbocycles. The average molecular weight is 246 g/mol. The van der Waals surface area contributed by atoms with E-state index in [-0.39, 0.29) is 0 Å². The summed E-state index contributed by atoms with van der Waals surface area (Å²) in [6.07, 6.45) is 4.64. The van der Waals surface area contributed by atoms with Crippen molar-refractivity contribution in [3.63, 3.8) is 0 Å². The lowest BCUT2D eigenvalue weighted by molar-refractivity contribution is 0.157. The standard InChI is InChI=1S/C11H22N2O2S/c1-3-12-7-4-11(10-12)5-8-13(9-6-11)16(2,14)15/h3-10H2,1-2H3. The zero-order valence-electron chi connectivity index (χ0n) is 10.3. The summed E-state index contributed by atoms with van der Waals surface area (Å²) in [7, 11) is -2.97. The maximum atomic E-state index is 11.4. The third kappa shape index (κ3) is 2.41. The topological polar surface area (TPSA) is 40.6 Å². The smallest absolute Gasteiger partial charge is 0.211 e. The molecule has 0 radical (unpaired) electrons. The quantitative estimate of drug-likeness (QED) is 0.722. The summed E-state index contributed by atoms with van der Waals surface area (Å²) >= 11 is 0. The Morgan fingerprint density at radius 1 is 1.12 bits per heavy atom. The normalized spacial score (nSPS) is 27.6. The van der Waals surface area contributed by atoms with Crippen molar-refractivity contribution in [2.24, 2.45) is 5.41 Å². The Labute approximate surface area is 98.7 Å². The molecular weight excluding hydrogens is 224 g/mol. The fourth-order valence-corrected chi connectivity index (χ4v) is 3.84. The number of sulfonamides is 1. The Kier molecular flexibility index (Phi) is 3.29. The van der Waals surface area contributed by atoms with E-state index in [2.05, 4.69) is 11.8 Å². The lowest BCUT2D eigenvalue weighted by Gasteiger charge is -2.38. The first-order valence-corrected chi connectivity index (χ1v) is 7.97. The van der Waals surface area contributed by atoms with Crippen LogP contribution in [0.2, 0.25) is 0 Å². The lowest BCUT2D eigenvalue weighted by Crippen LogP contribution is -2.43. The molecular formula is C11H22N2O2S. The van der Waals surface area contributed by atoms with Crippen LogP contribution < -0.4 is 0 Å². The van der Waals surface area contributed by atoms with Gasteiger partial charge < -0.3 is 4.90 Å². The number of hydrogen-bond donors (Lipinski definition) is 0. The van der Waals surface area contributed by atoms with Gasteiger partial charge in [-0.25, -0.2) is 12.7 Å². The SMILES string of the molecule is CCN1CCC2(CCN(S(C)(=O)=O)CC2)C1. The number of rotatable bonds is 2. The van der Waals surface area contributed by atoms with Crippen LogP contribution in [0.1, 0.15) is 26.2 Å². The molecule has 2 rings (SSSR count). The van der Waals surface area contributed by atoms with E-state index in [0.29, 0.717) is 5.41 Å². The van der Waals surface area contributed by atoms with E-state index in [9.17, 15) is 8.42 Å². The molecule has 0 unspecified atom stereocenters. The molecule has 0 aromatic carbocycles. The van der Waals surface area contributed by atoms with Crippen molar-refractivity contribution in [2.45, 2.75) is 26.2 Å². The Morgan fingerprint density at radius 3 is 2.12 bits per heavy atom. The molecule has 0 bridgehead atoms. The molecule has 0 amide bonds. The van der Waals surface area contributed by atoms with Gasteiger partial charge >= 0.3 is 0 Å². The maximum Gasteiger partial charge on any atom is 0.211 e. The molecule has 1 spiro atoms. The Hall–Kier alpha value is -0.130. The van der Waals surface area contributed by atoms with Gasteiger partial charge in [0, 0.05) is 19.6 Å². The Morgan fingerprint density at radius 2 is 1.69 bits per heavy atom. The zero-order valence-corrected chi connectivity index (χ0v) is 11.1. The minimum atomic E-state index is -2.97. The van der Waals surface area contributed by atoms with Crippen molar-refractivity contribution in [1.82, 2.24) is 9.21 Å². The molecule has 0 N–H and O–H groups in total. The summed E-state index contributed by atoms with van der Waals surface area (Å²) in [5, 5.41) is 0. The molecule has 0 aromatic rings. The fraction of sp³-hybridized carbons (Fsp3) is 1.00. The minimum absolute atomic E-state index is 0.414. The van der Waals surface area contributed by atoms with Crippen molar-refractivity contribution in [1.29, 1.82) is 0 Å². The van der Waals surface area contributed by atoms with E-state index in [1.54, 1.807) is 4.31 Å². The molecule has 4 nitrogen and oxygen atoms in total. The Bertz CT molecular complexity index is 345. The molecule has 2 aliphatic heterocycles. The van der Waals surface area contributed by atoms with Crippen LogP contribution in [0.3, 0.4) is 0 Å². The van der Waals surface area contributed by atoms with E-state index in [1.807, 2.05) is 0 Å². The molecule has 2 heterocycles. The first kappa shape index (κ1) is 12.3. The summed E-state index contributed by atoms with van der Waals surface area (Å²) in [5.74, 6) is 0. The van der Waals surface area contributed by atoms with Gasteiger partial charge in [0.2, 0.25) is 10.0 Å². The van der Waals surface area contributed by atoms with Crippen LogP contribution in [0.15, 0.2) is 0 Å². The van der Waals surface area contributed by atoms with Crippen LogP contribution in [-0.4, -0.2) is 56.6 Å². The third-order valence-electron chi connectivity index (χ3n) is 4.22. The first-order chi connectivity index (χ1) is 7.45. The minimum Gasteiger partial charge on any atom is -0.303 e. The predicted molar refractivity (Wildman–Crippen MR) is 64.8 cm³/mol. The monoisotopic (exact) mass is 246 g/mol. The highest BCUT2D eigenvalue weighted by molar-refractivity contribution is 7.88. The van der Waals surface area contributed by atoms with Crippen molar-refractivity contribution in [2.75, 3.05) is 39.0 Å². The summed E-state index contributed by atoms with van der Waals surface area (Å²) in [6.45, 7) is 7.12. The van der Waals surface area contributed by atoms with Crippen molar-refractivity contribution < 1.29 is 8.42 Å². The van der Waals surface area contributed by atoms with Crippen LogP contribution in [-0.2, 0) is 10.0 Å². The summed E-state index contributed by atoms with van der Waals surface area (Å²) in [6, 6.07) is 0. The van der Waals surface area contributed by atoms with E-state index < -0.39 is 10.0 Å². The van der Waals surface area contributed by atoms with Crippen LogP contribution in [0.4, 0.5) is 0 Å². The average Bonchev–Trinajstić information content (AvgIpc) is 2.61. The van der Waals surface area contributed by atoms with Crippen LogP contribution >= 0.6 is 0 Å². The largest absolute Gasteiger partial charge is 0.303 e. The van der Waals surface area contributed by atoms with Crippen molar-refractivity contribution >= 4 is 10.0 Å². The van der Waals surface area contributed by atoms with Gasteiger partial charge in [0.05, 0.1) is 6.26 Å². The van der Waals surface area contributed by atoms with Gasteiger partial charge in [0.1, 0.15) is 0 Å².